The van der Waals surface area contributed by atoms with Crippen LogP contribution in [0.3, 0.4) is 0 Å². The second-order valence-corrected chi connectivity index (χ2v) is 11.9. The predicted molar refractivity (Wildman–Crippen MR) is 162 cm³/mol. The molecule has 2 aromatic heterocycles. The lowest BCUT2D eigenvalue weighted by Crippen LogP contribution is -2.29. The summed E-state index contributed by atoms with van der Waals surface area (Å²) in [5.74, 6) is -0.657. The summed E-state index contributed by atoms with van der Waals surface area (Å²) in [6, 6.07) is 19.1. The molecule has 2 atom stereocenters. The number of hydrogen-bond donors (Lipinski definition) is 3. The van der Waals surface area contributed by atoms with Gasteiger partial charge in [0.2, 0.25) is 10.0 Å². The number of aryl methyl sites for hydroxylation is 1. The fourth-order valence-corrected chi connectivity index (χ4v) is 6.24. The van der Waals surface area contributed by atoms with Gasteiger partial charge in [-0.25, -0.2) is 13.2 Å². The van der Waals surface area contributed by atoms with Crippen molar-refractivity contribution >= 4 is 44.7 Å². The number of nitrogens with zero attached hydrogens (tertiary/aromatic N) is 3. The number of benzene rings is 2. The van der Waals surface area contributed by atoms with Crippen molar-refractivity contribution in [3.63, 3.8) is 0 Å². The normalized spacial score (nSPS) is 16.9. The van der Waals surface area contributed by atoms with Crippen LogP contribution in [0.4, 0.5) is 11.4 Å². The molecule has 12 heteroatoms. The topological polar surface area (TPSA) is 126 Å². The molecule has 212 valence electrons. The number of carboxylic acids is 1. The summed E-state index contributed by atoms with van der Waals surface area (Å²) in [6.07, 6.45) is 2.81. The van der Waals surface area contributed by atoms with Gasteiger partial charge in [-0.3, -0.25) is 9.71 Å². The second kappa shape index (κ2) is 10.9. The molecular formula is C29H29N5O5S2. The fourth-order valence-electron chi connectivity index (χ4n) is 5.33. The van der Waals surface area contributed by atoms with Gasteiger partial charge in [-0.1, -0.05) is 12.1 Å². The smallest absolute Gasteiger partial charge is 0.335 e. The highest BCUT2D eigenvalue weighted by atomic mass is 32.2. The quantitative estimate of drug-likeness (QED) is 0.249. The maximum absolute atomic E-state index is 11.9. The number of sulfonamides is 1. The summed E-state index contributed by atoms with van der Waals surface area (Å²) in [6.45, 7) is 3.96. The van der Waals surface area contributed by atoms with Crippen LogP contribution in [0.2, 0.25) is 0 Å². The number of anilines is 2. The van der Waals surface area contributed by atoms with Crippen molar-refractivity contribution in [3.05, 3.63) is 101 Å². The summed E-state index contributed by atoms with van der Waals surface area (Å²) < 4.78 is 33.8. The Hall–Kier alpha value is -4.42. The molecule has 4 aromatic rings. The number of pyridine rings is 1. The van der Waals surface area contributed by atoms with Crippen molar-refractivity contribution < 1.29 is 23.1 Å². The summed E-state index contributed by atoms with van der Waals surface area (Å²) in [4.78, 5) is 18.3. The fraction of sp³-hybridized carbons (Fsp3) is 0.207. The minimum absolute atomic E-state index is 0.197. The number of ether oxygens (including phenoxy) is 1. The number of aromatic carboxylic acids is 1. The number of aromatic nitrogens is 2. The number of carboxylic acid groups (broad SMARTS) is 1. The van der Waals surface area contributed by atoms with Crippen molar-refractivity contribution in [1.29, 1.82) is 0 Å². The highest BCUT2D eigenvalue weighted by molar-refractivity contribution is 7.92. The van der Waals surface area contributed by atoms with Gasteiger partial charge in [0.1, 0.15) is 5.75 Å². The first kappa shape index (κ1) is 28.1. The Kier molecular flexibility index (Phi) is 7.45. The molecule has 0 spiro atoms. The number of methoxy groups -OCH3 is 1. The van der Waals surface area contributed by atoms with Gasteiger partial charge in [-0.2, -0.15) is 0 Å². The van der Waals surface area contributed by atoms with E-state index >= 15 is 0 Å². The molecule has 0 saturated carbocycles. The molecule has 1 aliphatic heterocycles. The lowest BCUT2D eigenvalue weighted by atomic mass is 9.96. The first-order valence-electron chi connectivity index (χ1n) is 12.7. The van der Waals surface area contributed by atoms with Crippen LogP contribution in [0.5, 0.6) is 5.75 Å². The van der Waals surface area contributed by atoms with E-state index in [1.807, 2.05) is 47.6 Å². The molecule has 3 N–H and O–H groups in total. The number of nitrogens with one attached hydrogen (secondary N) is 2. The standard InChI is InChI=1S/C29H29N5O5S2/c1-17-14-22(18(2)33(17)20-9-7-8-19(15-20)28(35)36)27-26(24-10-5-6-13-30-24)31-29(40)34(27)21-11-12-23(25(16-21)39-3)32-41(4,37)38/h5-16,26-27,32H,1-4H3,(H,31,40)(H,35,36)/t26-,27-/m1/s1. The molecule has 1 aliphatic rings. The highest BCUT2D eigenvalue weighted by Crippen LogP contribution is 2.45. The Labute approximate surface area is 243 Å². The molecule has 1 saturated heterocycles. The van der Waals surface area contributed by atoms with Crippen molar-refractivity contribution in [2.45, 2.75) is 25.9 Å². The zero-order valence-electron chi connectivity index (χ0n) is 22.8. The first-order chi connectivity index (χ1) is 19.5. The molecule has 3 heterocycles. The zero-order valence-corrected chi connectivity index (χ0v) is 24.5. The van der Waals surface area contributed by atoms with Gasteiger partial charge >= 0.3 is 5.97 Å². The van der Waals surface area contributed by atoms with E-state index in [9.17, 15) is 18.3 Å². The van der Waals surface area contributed by atoms with E-state index < -0.39 is 16.0 Å². The lowest BCUT2D eigenvalue weighted by molar-refractivity contribution is 0.0697. The van der Waals surface area contributed by atoms with Gasteiger partial charge in [0, 0.05) is 35.0 Å². The average molecular weight is 592 g/mol. The highest BCUT2D eigenvalue weighted by Gasteiger charge is 2.42. The maximum Gasteiger partial charge on any atom is 0.335 e. The predicted octanol–water partition coefficient (Wildman–Crippen LogP) is 4.74. The Morgan fingerprint density at radius 1 is 1.07 bits per heavy atom. The first-order valence-corrected chi connectivity index (χ1v) is 15.0. The largest absolute Gasteiger partial charge is 0.494 e. The molecule has 10 nitrogen and oxygen atoms in total. The van der Waals surface area contributed by atoms with Crippen LogP contribution in [0.15, 0.2) is 72.9 Å². The van der Waals surface area contributed by atoms with E-state index in [0.717, 1.165) is 34.6 Å². The lowest BCUT2D eigenvalue weighted by Gasteiger charge is -2.29. The van der Waals surface area contributed by atoms with Gasteiger partial charge in [0.15, 0.2) is 5.11 Å². The van der Waals surface area contributed by atoms with E-state index in [-0.39, 0.29) is 17.6 Å². The van der Waals surface area contributed by atoms with Crippen molar-refractivity contribution in [2.75, 3.05) is 23.0 Å². The number of rotatable bonds is 8. The third-order valence-electron chi connectivity index (χ3n) is 7.00. The van der Waals surface area contributed by atoms with Gasteiger partial charge < -0.3 is 24.6 Å². The third kappa shape index (κ3) is 5.48. The minimum atomic E-state index is -3.52. The van der Waals surface area contributed by atoms with Crippen LogP contribution in [-0.2, 0) is 10.0 Å². The summed E-state index contributed by atoms with van der Waals surface area (Å²) in [5, 5.41) is 13.5. The summed E-state index contributed by atoms with van der Waals surface area (Å²) in [5.41, 5.74) is 5.52. The van der Waals surface area contributed by atoms with Crippen LogP contribution < -0.4 is 19.7 Å². The van der Waals surface area contributed by atoms with Crippen molar-refractivity contribution in [2.24, 2.45) is 0 Å². The van der Waals surface area contributed by atoms with E-state index in [1.54, 1.807) is 42.6 Å². The Bertz CT molecular complexity index is 1750. The van der Waals surface area contributed by atoms with Crippen LogP contribution in [-0.4, -0.2) is 47.5 Å². The van der Waals surface area contributed by atoms with E-state index in [1.165, 1.54) is 7.11 Å². The van der Waals surface area contributed by atoms with E-state index in [0.29, 0.717) is 22.2 Å². The van der Waals surface area contributed by atoms with Gasteiger partial charge in [0.25, 0.3) is 0 Å². The Balaban J connectivity index is 1.67. The molecule has 0 unspecified atom stereocenters. The summed E-state index contributed by atoms with van der Waals surface area (Å²) in [7, 11) is -2.05. The Morgan fingerprint density at radius 2 is 1.85 bits per heavy atom. The Morgan fingerprint density at radius 3 is 2.51 bits per heavy atom. The second-order valence-electron chi connectivity index (χ2n) is 9.77. The molecule has 1 fully saturated rings. The molecule has 0 radical (unpaired) electrons. The van der Waals surface area contributed by atoms with Crippen LogP contribution in [0, 0.1) is 13.8 Å². The van der Waals surface area contributed by atoms with Gasteiger partial charge in [0.05, 0.1) is 42.4 Å². The van der Waals surface area contributed by atoms with E-state index in [4.69, 9.17) is 17.0 Å². The van der Waals surface area contributed by atoms with Crippen LogP contribution in [0.1, 0.15) is 45.1 Å². The van der Waals surface area contributed by atoms with Crippen molar-refractivity contribution in [3.8, 4) is 11.4 Å². The van der Waals surface area contributed by atoms with Gasteiger partial charge in [-0.05, 0) is 80.2 Å². The zero-order chi connectivity index (χ0) is 29.5. The third-order valence-corrected chi connectivity index (χ3v) is 7.90. The van der Waals surface area contributed by atoms with Crippen LogP contribution in [0.25, 0.3) is 5.69 Å². The molecule has 0 amide bonds. The van der Waals surface area contributed by atoms with Gasteiger partial charge in [-0.15, -0.1) is 0 Å². The number of carbonyl (C=O) groups is 1. The molecule has 0 aliphatic carbocycles. The number of hydrogen-bond acceptors (Lipinski definition) is 6. The molecule has 41 heavy (non-hydrogen) atoms. The summed E-state index contributed by atoms with van der Waals surface area (Å²) >= 11 is 5.86. The maximum atomic E-state index is 11.9. The molecule has 2 aromatic carbocycles. The monoisotopic (exact) mass is 591 g/mol. The average Bonchev–Trinajstić information content (AvgIpc) is 3.43. The van der Waals surface area contributed by atoms with E-state index in [2.05, 4.69) is 21.1 Å². The van der Waals surface area contributed by atoms with Crippen LogP contribution >= 0.6 is 12.2 Å². The SMILES string of the molecule is COc1cc(N2C(=S)N[C@H](c3ccccn3)[C@H]2c2cc(C)n(-c3cccc(C(=O)O)c3)c2C)ccc1NS(C)(=O)=O. The molecule has 5 rings (SSSR count). The minimum Gasteiger partial charge on any atom is -0.494 e. The molecule has 0 bridgehead atoms. The number of thiocarbonyl (C=S) groups is 1. The van der Waals surface area contributed by atoms with Crippen molar-refractivity contribution in [1.82, 2.24) is 14.9 Å². The molecular weight excluding hydrogens is 562 g/mol.